The van der Waals surface area contributed by atoms with E-state index in [1.807, 2.05) is 16.8 Å². The number of amides is 1. The zero-order valence-electron chi connectivity index (χ0n) is 11.9. The minimum atomic E-state index is 0.0700. The summed E-state index contributed by atoms with van der Waals surface area (Å²) < 4.78 is 1.87. The number of hydrogen-bond acceptors (Lipinski definition) is 3. The number of likely N-dealkylation sites (tertiary alicyclic amines) is 1. The highest BCUT2D eigenvalue weighted by Crippen LogP contribution is 2.52. The topological polar surface area (TPSA) is 50.5 Å². The average Bonchev–Trinajstić information content (AvgIpc) is 3.38. The van der Waals surface area contributed by atoms with E-state index in [1.165, 1.54) is 25.7 Å². The second-order valence-corrected chi connectivity index (χ2v) is 6.72. The fourth-order valence-electron chi connectivity index (χ4n) is 3.90. The molecule has 3 fully saturated rings. The highest BCUT2D eigenvalue weighted by atomic mass is 16.2. The van der Waals surface area contributed by atoms with E-state index >= 15 is 0 Å². The molecule has 5 rings (SSSR count). The molecule has 3 heterocycles. The predicted molar refractivity (Wildman–Crippen MR) is 76.7 cm³/mol. The predicted octanol–water partition coefficient (Wildman–Crippen LogP) is 1.99. The normalized spacial score (nSPS) is 28.7. The number of fused-ring (bicyclic) bond motifs is 1. The van der Waals surface area contributed by atoms with E-state index < -0.39 is 0 Å². The van der Waals surface area contributed by atoms with Gasteiger partial charge in [0.1, 0.15) is 0 Å². The molecule has 0 radical (unpaired) electrons. The molecule has 2 aliphatic carbocycles. The zero-order valence-corrected chi connectivity index (χ0v) is 11.9. The van der Waals surface area contributed by atoms with E-state index in [0.29, 0.717) is 17.4 Å². The molecule has 2 aromatic heterocycles. The van der Waals surface area contributed by atoms with Gasteiger partial charge in [0.05, 0.1) is 0 Å². The van der Waals surface area contributed by atoms with E-state index in [9.17, 15) is 4.79 Å². The summed E-state index contributed by atoms with van der Waals surface area (Å²) in [6.07, 6.45) is 12.4. The smallest absolute Gasteiger partial charge is 0.276 e. The summed E-state index contributed by atoms with van der Waals surface area (Å²) in [5.74, 6) is 2.45. The molecule has 2 atom stereocenters. The van der Waals surface area contributed by atoms with Gasteiger partial charge in [0.2, 0.25) is 0 Å². The van der Waals surface area contributed by atoms with Gasteiger partial charge in [0, 0.05) is 43.3 Å². The summed E-state index contributed by atoms with van der Waals surface area (Å²) in [4.78, 5) is 23.5. The van der Waals surface area contributed by atoms with Crippen LogP contribution < -0.4 is 0 Å². The molecule has 21 heavy (non-hydrogen) atoms. The standard InChI is InChI=1S/C16H18N4O/c21-16(13-15-18-6-8-19(15)7-5-17-13)20-9-12(10-1-2-10)14(20)11-3-4-11/h5-8,10-12,14H,1-4,9H2. The van der Waals surface area contributed by atoms with Crippen molar-refractivity contribution in [2.45, 2.75) is 31.7 Å². The molecule has 1 amide bonds. The number of carbonyl (C=O) groups excluding carboxylic acids is 1. The van der Waals surface area contributed by atoms with Crippen LogP contribution >= 0.6 is 0 Å². The van der Waals surface area contributed by atoms with Gasteiger partial charge in [-0.3, -0.25) is 4.79 Å². The summed E-state index contributed by atoms with van der Waals surface area (Å²) in [5.41, 5.74) is 1.18. The van der Waals surface area contributed by atoms with E-state index in [0.717, 1.165) is 24.3 Å². The first kappa shape index (κ1) is 11.7. The first-order chi connectivity index (χ1) is 10.3. The SMILES string of the molecule is O=C(c1nccn2ccnc12)N1CC(C2CC2)C1C1CC1. The van der Waals surface area contributed by atoms with Crippen LogP contribution in [0.5, 0.6) is 0 Å². The van der Waals surface area contributed by atoms with E-state index in [4.69, 9.17) is 0 Å². The zero-order chi connectivity index (χ0) is 14.0. The fourth-order valence-corrected chi connectivity index (χ4v) is 3.90. The first-order valence-electron chi connectivity index (χ1n) is 7.91. The van der Waals surface area contributed by atoms with Gasteiger partial charge in [0.25, 0.3) is 5.91 Å². The molecule has 3 aliphatic rings. The monoisotopic (exact) mass is 282 g/mol. The molecule has 1 aliphatic heterocycles. The van der Waals surface area contributed by atoms with Crippen LogP contribution in [-0.2, 0) is 0 Å². The lowest BCUT2D eigenvalue weighted by Crippen LogP contribution is -2.60. The molecule has 108 valence electrons. The van der Waals surface area contributed by atoms with Crippen LogP contribution in [0, 0.1) is 17.8 Å². The highest BCUT2D eigenvalue weighted by molar-refractivity contribution is 5.98. The Balaban J connectivity index is 1.47. The van der Waals surface area contributed by atoms with E-state index in [2.05, 4.69) is 14.9 Å². The number of imidazole rings is 1. The quantitative estimate of drug-likeness (QED) is 0.865. The van der Waals surface area contributed by atoms with Crippen LogP contribution in [0.15, 0.2) is 24.8 Å². The molecule has 0 aromatic carbocycles. The molecule has 2 aromatic rings. The average molecular weight is 282 g/mol. The Labute approximate surface area is 123 Å². The van der Waals surface area contributed by atoms with E-state index in [1.54, 1.807) is 12.4 Å². The number of aromatic nitrogens is 3. The Morgan fingerprint density at radius 1 is 1.05 bits per heavy atom. The third kappa shape index (κ3) is 1.73. The van der Waals surface area contributed by atoms with Crippen LogP contribution in [0.2, 0.25) is 0 Å². The van der Waals surface area contributed by atoms with Gasteiger partial charge in [-0.2, -0.15) is 0 Å². The van der Waals surface area contributed by atoms with Crippen LogP contribution in [-0.4, -0.2) is 37.8 Å². The lowest BCUT2D eigenvalue weighted by molar-refractivity contribution is -0.00234. The van der Waals surface area contributed by atoms with Crippen molar-refractivity contribution >= 4 is 11.6 Å². The molecule has 0 N–H and O–H groups in total. The summed E-state index contributed by atoms with van der Waals surface area (Å²) in [5, 5.41) is 0. The Morgan fingerprint density at radius 3 is 2.48 bits per heavy atom. The fraction of sp³-hybridized carbons (Fsp3) is 0.562. The maximum absolute atomic E-state index is 12.9. The molecule has 0 bridgehead atoms. The van der Waals surface area contributed by atoms with Gasteiger partial charge in [-0.05, 0) is 37.5 Å². The molecule has 5 nitrogen and oxygen atoms in total. The van der Waals surface area contributed by atoms with Gasteiger partial charge in [0.15, 0.2) is 11.3 Å². The third-order valence-electron chi connectivity index (χ3n) is 5.31. The summed E-state index contributed by atoms with van der Waals surface area (Å²) >= 11 is 0. The highest BCUT2D eigenvalue weighted by Gasteiger charge is 2.54. The molecule has 1 saturated heterocycles. The van der Waals surface area contributed by atoms with Crippen molar-refractivity contribution in [2.75, 3.05) is 6.54 Å². The lowest BCUT2D eigenvalue weighted by Gasteiger charge is -2.49. The minimum absolute atomic E-state index is 0.0700. The number of hydrogen-bond donors (Lipinski definition) is 0. The molecule has 2 saturated carbocycles. The van der Waals surface area contributed by atoms with Gasteiger partial charge in [-0.25, -0.2) is 9.97 Å². The molecular weight excluding hydrogens is 264 g/mol. The molecule has 2 unspecified atom stereocenters. The Hall–Kier alpha value is -1.91. The molecule has 5 heteroatoms. The largest absolute Gasteiger partial charge is 0.333 e. The van der Waals surface area contributed by atoms with Crippen molar-refractivity contribution in [3.63, 3.8) is 0 Å². The number of carbonyl (C=O) groups is 1. The van der Waals surface area contributed by atoms with Gasteiger partial charge >= 0.3 is 0 Å². The number of nitrogens with zero attached hydrogens (tertiary/aromatic N) is 4. The van der Waals surface area contributed by atoms with Crippen molar-refractivity contribution in [1.29, 1.82) is 0 Å². The van der Waals surface area contributed by atoms with Gasteiger partial charge in [-0.15, -0.1) is 0 Å². The van der Waals surface area contributed by atoms with Crippen molar-refractivity contribution in [3.8, 4) is 0 Å². The minimum Gasteiger partial charge on any atom is -0.333 e. The lowest BCUT2D eigenvalue weighted by atomic mass is 9.81. The van der Waals surface area contributed by atoms with Crippen LogP contribution in [0.3, 0.4) is 0 Å². The molecule has 0 spiro atoms. The maximum atomic E-state index is 12.9. The van der Waals surface area contributed by atoms with Crippen LogP contribution in [0.4, 0.5) is 0 Å². The summed E-state index contributed by atoms with van der Waals surface area (Å²) in [7, 11) is 0. The Kier molecular flexibility index (Phi) is 2.26. The third-order valence-corrected chi connectivity index (χ3v) is 5.31. The van der Waals surface area contributed by atoms with Crippen molar-refractivity contribution in [2.24, 2.45) is 17.8 Å². The van der Waals surface area contributed by atoms with Crippen molar-refractivity contribution in [1.82, 2.24) is 19.3 Å². The second-order valence-electron chi connectivity index (χ2n) is 6.72. The van der Waals surface area contributed by atoms with Gasteiger partial charge < -0.3 is 9.30 Å². The van der Waals surface area contributed by atoms with E-state index in [-0.39, 0.29) is 5.91 Å². The molecular formula is C16H18N4O. The van der Waals surface area contributed by atoms with Crippen molar-refractivity contribution < 1.29 is 4.79 Å². The Bertz CT molecular complexity index is 716. The Morgan fingerprint density at radius 2 is 1.76 bits per heavy atom. The van der Waals surface area contributed by atoms with Crippen LogP contribution in [0.1, 0.15) is 36.2 Å². The maximum Gasteiger partial charge on any atom is 0.276 e. The van der Waals surface area contributed by atoms with Gasteiger partial charge in [-0.1, -0.05) is 0 Å². The number of rotatable bonds is 3. The first-order valence-corrected chi connectivity index (χ1v) is 7.91. The van der Waals surface area contributed by atoms with Crippen LogP contribution in [0.25, 0.3) is 5.65 Å². The second kappa shape index (κ2) is 4.06. The summed E-state index contributed by atoms with van der Waals surface area (Å²) in [6, 6.07) is 0.474. The summed E-state index contributed by atoms with van der Waals surface area (Å²) in [6.45, 7) is 0.925. The van der Waals surface area contributed by atoms with Crippen molar-refractivity contribution in [3.05, 3.63) is 30.5 Å².